The van der Waals surface area contributed by atoms with Gasteiger partial charge in [-0.15, -0.1) is 0 Å². The Morgan fingerprint density at radius 1 is 0.696 bits per heavy atom. The first-order valence-electron chi connectivity index (χ1n) is 8.91. The van der Waals surface area contributed by atoms with E-state index in [1.807, 2.05) is 0 Å². The van der Waals surface area contributed by atoms with Gasteiger partial charge >= 0.3 is 5.97 Å². The second-order valence-corrected chi connectivity index (χ2v) is 6.80. The van der Waals surface area contributed by atoms with Crippen LogP contribution >= 0.6 is 0 Å². The van der Waals surface area contributed by atoms with Gasteiger partial charge in [-0.1, -0.05) is 50.7 Å². The lowest BCUT2D eigenvalue weighted by Gasteiger charge is -1.99. The molecular formula is C18H32O4S. The molecule has 134 valence electrons. The fraction of sp³-hybridized carbons (Fsp3) is 0.778. The Labute approximate surface area is 142 Å². The highest BCUT2D eigenvalue weighted by molar-refractivity contribution is 7.71. The van der Waals surface area contributed by atoms with Crippen LogP contribution in [-0.2, 0) is 15.1 Å². The molecule has 4 nitrogen and oxygen atoms in total. The van der Waals surface area contributed by atoms with Gasteiger partial charge in [0, 0.05) is 11.8 Å². The minimum absolute atomic E-state index is 0.302. The molecule has 0 heterocycles. The Hall–Kier alpha value is -1.10. The van der Waals surface area contributed by atoms with E-state index in [4.69, 9.17) is 5.11 Å². The van der Waals surface area contributed by atoms with Gasteiger partial charge in [0.2, 0.25) is 10.3 Å². The van der Waals surface area contributed by atoms with E-state index in [-0.39, 0.29) is 0 Å². The Kier molecular flexibility index (Phi) is 16.4. The predicted molar refractivity (Wildman–Crippen MR) is 96.4 cm³/mol. The van der Waals surface area contributed by atoms with E-state index in [1.54, 1.807) is 0 Å². The summed E-state index contributed by atoms with van der Waals surface area (Å²) in [7, 11) is -1.99. The van der Waals surface area contributed by atoms with Gasteiger partial charge in [0.25, 0.3) is 0 Å². The van der Waals surface area contributed by atoms with Gasteiger partial charge in [-0.25, -0.2) is 0 Å². The summed E-state index contributed by atoms with van der Waals surface area (Å²) in [6.45, 7) is 0. The van der Waals surface area contributed by atoms with Crippen LogP contribution in [0.4, 0.5) is 0 Å². The molecule has 0 amide bonds. The molecule has 0 aromatic rings. The fourth-order valence-electron chi connectivity index (χ4n) is 2.42. The Bertz CT molecular complexity index is 430. The summed E-state index contributed by atoms with van der Waals surface area (Å²) in [6.07, 6.45) is 18.8. The molecule has 0 saturated heterocycles. The minimum atomic E-state index is -1.99. The molecule has 0 aromatic heterocycles. The molecule has 0 spiro atoms. The maximum Gasteiger partial charge on any atom is 0.303 e. The normalized spacial score (nSPS) is 11.0. The average molecular weight is 345 g/mol. The van der Waals surface area contributed by atoms with Crippen LogP contribution in [0.3, 0.4) is 0 Å². The molecule has 0 atom stereocenters. The first-order valence-corrected chi connectivity index (χ1v) is 10.0. The zero-order chi connectivity index (χ0) is 17.2. The van der Waals surface area contributed by atoms with E-state index in [0.717, 1.165) is 44.9 Å². The van der Waals surface area contributed by atoms with E-state index in [9.17, 15) is 13.2 Å². The number of aliphatic carboxylic acids is 1. The Morgan fingerprint density at radius 2 is 1.13 bits per heavy atom. The third kappa shape index (κ3) is 20.9. The Balaban J connectivity index is 3.17. The van der Waals surface area contributed by atoms with Crippen LogP contribution in [0.15, 0.2) is 12.2 Å². The van der Waals surface area contributed by atoms with Gasteiger partial charge in [0.1, 0.15) is 0 Å². The van der Waals surface area contributed by atoms with Gasteiger partial charge in [-0.3, -0.25) is 4.79 Å². The SMILES string of the molecule is O=C(O)CCCCCCCC=CCCCCCCCC=S(=O)=O. The number of carboxylic acids is 1. The summed E-state index contributed by atoms with van der Waals surface area (Å²) < 4.78 is 20.6. The number of hydrogen-bond donors (Lipinski definition) is 1. The average Bonchev–Trinajstić information content (AvgIpc) is 2.49. The highest BCUT2D eigenvalue weighted by Crippen LogP contribution is 2.09. The van der Waals surface area contributed by atoms with Crippen LogP contribution < -0.4 is 0 Å². The smallest absolute Gasteiger partial charge is 0.303 e. The number of rotatable bonds is 16. The molecule has 0 aliphatic carbocycles. The van der Waals surface area contributed by atoms with E-state index in [0.29, 0.717) is 12.8 Å². The second-order valence-electron chi connectivity index (χ2n) is 5.94. The summed E-state index contributed by atoms with van der Waals surface area (Å²) in [5.74, 6) is -0.690. The molecule has 0 radical (unpaired) electrons. The van der Waals surface area contributed by atoms with E-state index in [2.05, 4.69) is 12.2 Å². The van der Waals surface area contributed by atoms with Gasteiger partial charge < -0.3 is 5.11 Å². The van der Waals surface area contributed by atoms with Crippen LogP contribution in [0.5, 0.6) is 0 Å². The largest absolute Gasteiger partial charge is 0.481 e. The summed E-state index contributed by atoms with van der Waals surface area (Å²) in [6, 6.07) is 0. The van der Waals surface area contributed by atoms with Crippen molar-refractivity contribution in [3.05, 3.63) is 12.2 Å². The lowest BCUT2D eigenvalue weighted by Crippen LogP contribution is -1.93. The number of hydrogen-bond acceptors (Lipinski definition) is 3. The molecule has 0 aliphatic heterocycles. The molecular weight excluding hydrogens is 312 g/mol. The van der Waals surface area contributed by atoms with Crippen LogP contribution in [0.2, 0.25) is 0 Å². The summed E-state index contributed by atoms with van der Waals surface area (Å²) >= 11 is 0. The quantitative estimate of drug-likeness (QED) is 0.249. The maximum atomic E-state index is 10.3. The van der Waals surface area contributed by atoms with Gasteiger partial charge in [0.05, 0.1) is 0 Å². The molecule has 1 N–H and O–H groups in total. The van der Waals surface area contributed by atoms with Crippen molar-refractivity contribution >= 4 is 21.6 Å². The maximum absolute atomic E-state index is 10.3. The van der Waals surface area contributed by atoms with Crippen molar-refractivity contribution in [1.29, 1.82) is 0 Å². The number of carboxylic acid groups (broad SMARTS) is 1. The lowest BCUT2D eigenvalue weighted by atomic mass is 10.1. The van der Waals surface area contributed by atoms with Crippen LogP contribution in [0, 0.1) is 0 Å². The first-order chi connectivity index (χ1) is 11.1. The van der Waals surface area contributed by atoms with Crippen molar-refractivity contribution in [2.75, 3.05) is 0 Å². The third-order valence-electron chi connectivity index (χ3n) is 3.76. The fourth-order valence-corrected chi connectivity index (χ4v) is 2.78. The molecule has 0 bridgehead atoms. The third-order valence-corrected chi connectivity index (χ3v) is 4.26. The van der Waals surface area contributed by atoms with E-state index >= 15 is 0 Å². The molecule has 0 saturated carbocycles. The zero-order valence-corrected chi connectivity index (χ0v) is 15.0. The topological polar surface area (TPSA) is 71.4 Å². The number of carbonyl (C=O) groups is 1. The van der Waals surface area contributed by atoms with Crippen molar-refractivity contribution < 1.29 is 18.3 Å². The molecule has 0 aromatic carbocycles. The zero-order valence-electron chi connectivity index (χ0n) is 14.2. The van der Waals surface area contributed by atoms with Crippen LogP contribution in [-0.4, -0.2) is 24.9 Å². The van der Waals surface area contributed by atoms with Crippen molar-refractivity contribution in [2.24, 2.45) is 0 Å². The lowest BCUT2D eigenvalue weighted by molar-refractivity contribution is -0.137. The molecule has 0 rings (SSSR count). The number of allylic oxidation sites excluding steroid dienone is 2. The van der Waals surface area contributed by atoms with Gasteiger partial charge in [-0.2, -0.15) is 8.42 Å². The molecule has 0 unspecified atom stereocenters. The first kappa shape index (κ1) is 21.9. The van der Waals surface area contributed by atoms with E-state index in [1.165, 1.54) is 37.5 Å². The van der Waals surface area contributed by atoms with Crippen molar-refractivity contribution in [1.82, 2.24) is 0 Å². The monoisotopic (exact) mass is 344 g/mol. The minimum Gasteiger partial charge on any atom is -0.481 e. The molecule has 5 heteroatoms. The Morgan fingerprint density at radius 3 is 1.61 bits per heavy atom. The highest BCUT2D eigenvalue weighted by atomic mass is 32.2. The van der Waals surface area contributed by atoms with Crippen LogP contribution in [0.25, 0.3) is 0 Å². The molecule has 0 fully saturated rings. The highest BCUT2D eigenvalue weighted by Gasteiger charge is 1.95. The van der Waals surface area contributed by atoms with Crippen molar-refractivity contribution in [3.8, 4) is 0 Å². The summed E-state index contributed by atoms with van der Waals surface area (Å²) in [5.41, 5.74) is 0. The van der Waals surface area contributed by atoms with Crippen molar-refractivity contribution in [2.45, 2.75) is 89.9 Å². The predicted octanol–water partition coefficient (Wildman–Crippen LogP) is 4.77. The number of unbranched alkanes of at least 4 members (excludes halogenated alkanes) is 11. The van der Waals surface area contributed by atoms with Gasteiger partial charge in [-0.05, 0) is 44.9 Å². The molecule has 0 aliphatic rings. The van der Waals surface area contributed by atoms with Crippen molar-refractivity contribution in [3.63, 3.8) is 0 Å². The van der Waals surface area contributed by atoms with E-state index < -0.39 is 16.3 Å². The van der Waals surface area contributed by atoms with Gasteiger partial charge in [0.15, 0.2) is 0 Å². The summed E-state index contributed by atoms with van der Waals surface area (Å²) in [4.78, 5) is 10.3. The molecule has 23 heavy (non-hydrogen) atoms. The van der Waals surface area contributed by atoms with Crippen LogP contribution in [0.1, 0.15) is 89.9 Å². The standard InChI is InChI=1S/C18H32O4S/c19-18(20)16-14-12-10-8-6-4-2-1-3-5-7-9-11-13-15-17-23(21)22/h1-2,17H,3-16H2,(H,19,20). The summed E-state index contributed by atoms with van der Waals surface area (Å²) in [5, 5.41) is 9.86. The second kappa shape index (κ2) is 17.3.